The maximum Gasteiger partial charge on any atom is 0.228 e. The highest BCUT2D eigenvalue weighted by molar-refractivity contribution is 5.89. The fourth-order valence-electron chi connectivity index (χ4n) is 3.50. The normalized spacial score (nSPS) is 25.1. The van der Waals surface area contributed by atoms with Gasteiger partial charge in [-0.2, -0.15) is 0 Å². The molecule has 3 aliphatic rings. The summed E-state index contributed by atoms with van der Waals surface area (Å²) in [6.07, 6.45) is 7.68. The molecule has 2 saturated heterocycles. The van der Waals surface area contributed by atoms with Crippen LogP contribution < -0.4 is 4.90 Å². The molecule has 122 valence electrons. The molecule has 0 aromatic carbocycles. The molecular formula is C16H21N5O2. The molecule has 2 aliphatic heterocycles. The molecule has 1 aromatic rings. The van der Waals surface area contributed by atoms with Gasteiger partial charge in [0.1, 0.15) is 5.82 Å². The Morgan fingerprint density at radius 1 is 1.13 bits per heavy atom. The smallest absolute Gasteiger partial charge is 0.228 e. The van der Waals surface area contributed by atoms with Gasteiger partial charge in [-0.15, -0.1) is 0 Å². The van der Waals surface area contributed by atoms with Crippen LogP contribution in [-0.4, -0.2) is 70.3 Å². The number of carbonyl (C=O) groups is 2. The molecule has 7 nitrogen and oxygen atoms in total. The molecular weight excluding hydrogens is 294 g/mol. The highest BCUT2D eigenvalue weighted by atomic mass is 16.2. The molecule has 4 rings (SSSR count). The van der Waals surface area contributed by atoms with Crippen LogP contribution in [0.5, 0.6) is 0 Å². The number of amides is 2. The van der Waals surface area contributed by atoms with E-state index in [4.69, 9.17) is 0 Å². The summed E-state index contributed by atoms with van der Waals surface area (Å²) < 4.78 is 0. The minimum atomic E-state index is -0.147. The van der Waals surface area contributed by atoms with E-state index < -0.39 is 0 Å². The van der Waals surface area contributed by atoms with Crippen LogP contribution in [0.3, 0.4) is 0 Å². The topological polar surface area (TPSA) is 69.6 Å². The van der Waals surface area contributed by atoms with Gasteiger partial charge in [0, 0.05) is 57.6 Å². The first-order chi connectivity index (χ1) is 11.2. The summed E-state index contributed by atoms with van der Waals surface area (Å²) in [5, 5.41) is 0. The second-order valence-corrected chi connectivity index (χ2v) is 6.55. The molecule has 0 unspecified atom stereocenters. The molecule has 3 fully saturated rings. The number of likely N-dealkylation sites (tertiary alicyclic amines) is 1. The van der Waals surface area contributed by atoms with Crippen LogP contribution in [0.25, 0.3) is 0 Å². The Labute approximate surface area is 135 Å². The van der Waals surface area contributed by atoms with Gasteiger partial charge in [-0.05, 0) is 12.8 Å². The second kappa shape index (κ2) is 5.79. The van der Waals surface area contributed by atoms with Gasteiger partial charge in [-0.25, -0.2) is 4.98 Å². The maximum absolute atomic E-state index is 12.7. The molecule has 0 N–H and O–H groups in total. The van der Waals surface area contributed by atoms with Crippen molar-refractivity contribution in [1.29, 1.82) is 0 Å². The molecule has 0 spiro atoms. The van der Waals surface area contributed by atoms with Gasteiger partial charge >= 0.3 is 0 Å². The molecule has 7 heteroatoms. The molecule has 3 heterocycles. The fourth-order valence-corrected chi connectivity index (χ4v) is 3.50. The molecule has 1 aliphatic carbocycles. The van der Waals surface area contributed by atoms with E-state index in [9.17, 15) is 9.59 Å². The predicted molar refractivity (Wildman–Crippen MR) is 83.7 cm³/mol. The van der Waals surface area contributed by atoms with Crippen molar-refractivity contribution in [3.05, 3.63) is 18.6 Å². The highest BCUT2D eigenvalue weighted by Crippen LogP contribution is 2.33. The first-order valence-electron chi connectivity index (χ1n) is 8.31. The third-order valence-electron chi connectivity index (χ3n) is 4.96. The molecule has 1 saturated carbocycles. The van der Waals surface area contributed by atoms with Crippen LogP contribution in [0.15, 0.2) is 18.6 Å². The predicted octanol–water partition coefficient (Wildman–Crippen LogP) is 0.136. The Kier molecular flexibility index (Phi) is 3.63. The number of rotatable bonds is 3. The van der Waals surface area contributed by atoms with Gasteiger partial charge < -0.3 is 14.7 Å². The summed E-state index contributed by atoms with van der Waals surface area (Å²) in [5.74, 6) is 1.01. The molecule has 1 atom stereocenters. The lowest BCUT2D eigenvalue weighted by Gasteiger charge is -2.36. The van der Waals surface area contributed by atoms with E-state index in [1.807, 2.05) is 9.80 Å². The zero-order valence-corrected chi connectivity index (χ0v) is 13.1. The van der Waals surface area contributed by atoms with Crippen LogP contribution in [-0.2, 0) is 9.59 Å². The lowest BCUT2D eigenvalue weighted by molar-refractivity contribution is -0.136. The number of hydrogen-bond donors (Lipinski definition) is 0. The first kappa shape index (κ1) is 14.4. The number of hydrogen-bond acceptors (Lipinski definition) is 5. The molecule has 2 amide bonds. The van der Waals surface area contributed by atoms with Crippen molar-refractivity contribution in [3.8, 4) is 0 Å². The van der Waals surface area contributed by atoms with Gasteiger partial charge in [0.25, 0.3) is 0 Å². The lowest BCUT2D eigenvalue weighted by atomic mass is 10.1. The largest absolute Gasteiger partial charge is 0.352 e. The average Bonchev–Trinajstić information content (AvgIpc) is 3.37. The van der Waals surface area contributed by atoms with Gasteiger partial charge in [0.2, 0.25) is 11.8 Å². The fraction of sp³-hybridized carbons (Fsp3) is 0.625. The van der Waals surface area contributed by atoms with Crippen LogP contribution in [0, 0.1) is 5.92 Å². The van der Waals surface area contributed by atoms with Crippen molar-refractivity contribution in [2.45, 2.75) is 25.3 Å². The Hall–Kier alpha value is -2.18. The first-order valence-corrected chi connectivity index (χ1v) is 8.31. The SMILES string of the molecule is O=C([C@H]1CC(=O)N(C2CC2)C1)N1CCN(c2cnccn2)CC1. The summed E-state index contributed by atoms with van der Waals surface area (Å²) >= 11 is 0. The Balaban J connectivity index is 1.33. The summed E-state index contributed by atoms with van der Waals surface area (Å²) in [6.45, 7) is 3.51. The van der Waals surface area contributed by atoms with Crippen LogP contribution in [0.4, 0.5) is 5.82 Å². The van der Waals surface area contributed by atoms with E-state index in [2.05, 4.69) is 14.9 Å². The van der Waals surface area contributed by atoms with Crippen molar-refractivity contribution < 1.29 is 9.59 Å². The van der Waals surface area contributed by atoms with Gasteiger partial charge in [-0.1, -0.05) is 0 Å². The number of carbonyl (C=O) groups excluding carboxylic acids is 2. The van der Waals surface area contributed by atoms with Crippen LogP contribution in [0.1, 0.15) is 19.3 Å². The highest BCUT2D eigenvalue weighted by Gasteiger charge is 2.43. The molecule has 0 radical (unpaired) electrons. The minimum absolute atomic E-state index is 0.139. The number of piperazine rings is 1. The van der Waals surface area contributed by atoms with Crippen molar-refractivity contribution in [1.82, 2.24) is 19.8 Å². The van der Waals surface area contributed by atoms with Crippen molar-refractivity contribution in [2.24, 2.45) is 5.92 Å². The number of nitrogens with zero attached hydrogens (tertiary/aromatic N) is 5. The van der Waals surface area contributed by atoms with Gasteiger partial charge in [0.15, 0.2) is 0 Å². The number of anilines is 1. The summed E-state index contributed by atoms with van der Waals surface area (Å²) in [7, 11) is 0. The zero-order chi connectivity index (χ0) is 15.8. The lowest BCUT2D eigenvalue weighted by Crippen LogP contribution is -2.51. The Morgan fingerprint density at radius 2 is 1.91 bits per heavy atom. The zero-order valence-electron chi connectivity index (χ0n) is 13.1. The standard InChI is InChI=1S/C16H21N5O2/c22-15-9-12(11-21(15)13-1-2-13)16(23)20-7-5-19(6-8-20)14-10-17-3-4-18-14/h3-4,10,12-13H,1-2,5-9,11H2/t12-/m0/s1. The van der Waals surface area contributed by atoms with Gasteiger partial charge in [-0.3, -0.25) is 14.6 Å². The average molecular weight is 315 g/mol. The molecule has 1 aromatic heterocycles. The van der Waals surface area contributed by atoms with E-state index in [-0.39, 0.29) is 17.7 Å². The number of aromatic nitrogens is 2. The van der Waals surface area contributed by atoms with Crippen molar-refractivity contribution >= 4 is 17.6 Å². The summed E-state index contributed by atoms with van der Waals surface area (Å²) in [5.41, 5.74) is 0. The third kappa shape index (κ3) is 2.87. The third-order valence-corrected chi connectivity index (χ3v) is 4.96. The Morgan fingerprint density at radius 3 is 2.57 bits per heavy atom. The second-order valence-electron chi connectivity index (χ2n) is 6.55. The summed E-state index contributed by atoms with van der Waals surface area (Å²) in [4.78, 5) is 39.1. The van der Waals surface area contributed by atoms with E-state index in [0.29, 0.717) is 32.1 Å². The van der Waals surface area contributed by atoms with E-state index in [0.717, 1.165) is 31.7 Å². The minimum Gasteiger partial charge on any atom is -0.352 e. The van der Waals surface area contributed by atoms with E-state index in [1.54, 1.807) is 18.6 Å². The summed E-state index contributed by atoms with van der Waals surface area (Å²) in [6, 6.07) is 0.411. The van der Waals surface area contributed by atoms with Gasteiger partial charge in [0.05, 0.1) is 12.1 Å². The van der Waals surface area contributed by atoms with E-state index >= 15 is 0 Å². The molecule has 23 heavy (non-hydrogen) atoms. The van der Waals surface area contributed by atoms with Crippen LogP contribution >= 0.6 is 0 Å². The van der Waals surface area contributed by atoms with Crippen molar-refractivity contribution in [3.63, 3.8) is 0 Å². The Bertz CT molecular complexity index is 596. The maximum atomic E-state index is 12.7. The van der Waals surface area contributed by atoms with Crippen molar-refractivity contribution in [2.75, 3.05) is 37.6 Å². The quantitative estimate of drug-likeness (QED) is 0.793. The van der Waals surface area contributed by atoms with E-state index in [1.165, 1.54) is 0 Å². The monoisotopic (exact) mass is 315 g/mol. The van der Waals surface area contributed by atoms with Crippen LogP contribution in [0.2, 0.25) is 0 Å². The molecule has 0 bridgehead atoms.